The van der Waals surface area contributed by atoms with E-state index < -0.39 is 11.2 Å². The number of alkyl halides is 3. The molecule has 1 saturated heterocycles. The molecule has 1 aliphatic rings. The van der Waals surface area contributed by atoms with E-state index in [4.69, 9.17) is 0 Å². The Bertz CT molecular complexity index is 304. The molecule has 72 valence electrons. The molecule has 0 atom stereocenters. The van der Waals surface area contributed by atoms with Crippen LogP contribution < -0.4 is 5.32 Å². The van der Waals surface area contributed by atoms with Crippen LogP contribution >= 0.6 is 11.3 Å². The van der Waals surface area contributed by atoms with Crippen LogP contribution in [-0.4, -0.2) is 23.3 Å². The zero-order chi connectivity index (χ0) is 9.47. The summed E-state index contributed by atoms with van der Waals surface area (Å²) >= 11 is 0.637. The van der Waals surface area contributed by atoms with E-state index in [1.54, 1.807) is 0 Å². The summed E-state index contributed by atoms with van der Waals surface area (Å²) in [6, 6.07) is 0. The molecular weight excluding hydrogens is 203 g/mol. The first-order valence-corrected chi connectivity index (χ1v) is 4.50. The topological polar surface area (TPSA) is 37.8 Å². The zero-order valence-electron chi connectivity index (χ0n) is 6.43. The fourth-order valence-corrected chi connectivity index (χ4v) is 1.79. The monoisotopic (exact) mass is 209 g/mol. The Morgan fingerprint density at radius 2 is 2.00 bits per heavy atom. The molecule has 1 N–H and O–H groups in total. The summed E-state index contributed by atoms with van der Waals surface area (Å²) in [5, 5.41) is 9.21. The van der Waals surface area contributed by atoms with E-state index in [0.29, 0.717) is 29.4 Å². The Balaban J connectivity index is 2.17. The first kappa shape index (κ1) is 8.89. The molecule has 1 aromatic rings. The Hall–Kier alpha value is -0.690. The lowest BCUT2D eigenvalue weighted by Crippen LogP contribution is -2.39. The largest absolute Gasteiger partial charge is 0.445 e. The lowest BCUT2D eigenvalue weighted by atomic mass is 10.1. The molecule has 0 saturated carbocycles. The van der Waals surface area contributed by atoms with E-state index in [1.165, 1.54) is 0 Å². The second kappa shape index (κ2) is 2.91. The third-order valence-corrected chi connectivity index (χ3v) is 2.94. The predicted octanol–water partition coefficient (Wildman–Crippen LogP) is 1.24. The third-order valence-electron chi connectivity index (χ3n) is 1.81. The van der Waals surface area contributed by atoms with Gasteiger partial charge in [-0.1, -0.05) is 11.3 Å². The molecule has 2 rings (SSSR count). The molecular formula is C6H6F3N3S. The number of hydrogen-bond donors (Lipinski definition) is 1. The maximum atomic E-state index is 12.1. The van der Waals surface area contributed by atoms with Crippen LogP contribution in [0.1, 0.15) is 15.9 Å². The molecule has 3 nitrogen and oxygen atoms in total. The van der Waals surface area contributed by atoms with Crippen LogP contribution in [0.25, 0.3) is 0 Å². The average Bonchev–Trinajstić information content (AvgIpc) is 2.29. The maximum Gasteiger partial charge on any atom is 0.445 e. The summed E-state index contributed by atoms with van der Waals surface area (Å²) < 4.78 is 36.2. The van der Waals surface area contributed by atoms with Crippen LogP contribution in [0.5, 0.6) is 0 Å². The Morgan fingerprint density at radius 3 is 2.38 bits per heavy atom. The fourth-order valence-electron chi connectivity index (χ4n) is 0.977. The van der Waals surface area contributed by atoms with Crippen molar-refractivity contribution in [3.63, 3.8) is 0 Å². The van der Waals surface area contributed by atoms with Crippen molar-refractivity contribution in [1.82, 2.24) is 15.5 Å². The molecule has 0 amide bonds. The summed E-state index contributed by atoms with van der Waals surface area (Å²) in [7, 11) is 0. The summed E-state index contributed by atoms with van der Waals surface area (Å²) in [4.78, 5) is 0. The molecule has 0 aliphatic carbocycles. The molecule has 1 aromatic heterocycles. The van der Waals surface area contributed by atoms with Crippen molar-refractivity contribution in [1.29, 1.82) is 0 Å². The summed E-state index contributed by atoms with van der Waals surface area (Å²) in [5.41, 5.74) is 0. The van der Waals surface area contributed by atoms with Crippen LogP contribution in [0, 0.1) is 0 Å². The Kier molecular flexibility index (Phi) is 1.99. The van der Waals surface area contributed by atoms with Crippen molar-refractivity contribution in [2.24, 2.45) is 0 Å². The van der Waals surface area contributed by atoms with E-state index in [2.05, 4.69) is 15.5 Å². The highest BCUT2D eigenvalue weighted by Crippen LogP contribution is 2.34. The molecule has 2 heterocycles. The number of rotatable bonds is 1. The minimum Gasteiger partial charge on any atom is -0.315 e. The third kappa shape index (κ3) is 1.66. The van der Waals surface area contributed by atoms with Gasteiger partial charge in [0.2, 0.25) is 5.01 Å². The number of nitrogens with zero attached hydrogens (tertiary/aromatic N) is 2. The number of hydrogen-bond acceptors (Lipinski definition) is 4. The highest BCUT2D eigenvalue weighted by atomic mass is 32.1. The predicted molar refractivity (Wildman–Crippen MR) is 40.5 cm³/mol. The lowest BCUT2D eigenvalue weighted by molar-refractivity contribution is -0.138. The van der Waals surface area contributed by atoms with E-state index in [9.17, 15) is 13.2 Å². The fraction of sp³-hybridized carbons (Fsp3) is 0.667. The number of aromatic nitrogens is 2. The molecule has 0 radical (unpaired) electrons. The standard InChI is InChI=1S/C6H6F3N3S/c7-6(8,9)5-12-11-4(13-5)3-1-10-2-3/h3,10H,1-2H2. The van der Waals surface area contributed by atoms with Gasteiger partial charge >= 0.3 is 6.18 Å². The van der Waals surface area contributed by atoms with Gasteiger partial charge in [0.25, 0.3) is 0 Å². The summed E-state index contributed by atoms with van der Waals surface area (Å²) in [5.74, 6) is 0.119. The summed E-state index contributed by atoms with van der Waals surface area (Å²) in [6.07, 6.45) is -4.35. The molecule has 0 aromatic carbocycles. The van der Waals surface area contributed by atoms with Gasteiger partial charge in [-0.2, -0.15) is 13.2 Å². The minimum absolute atomic E-state index is 0.119. The van der Waals surface area contributed by atoms with E-state index in [0.717, 1.165) is 0 Å². The average molecular weight is 209 g/mol. The number of nitrogens with one attached hydrogen (secondary N) is 1. The Morgan fingerprint density at radius 1 is 1.31 bits per heavy atom. The van der Waals surface area contributed by atoms with Crippen LogP contribution in [0.4, 0.5) is 13.2 Å². The molecule has 0 bridgehead atoms. The van der Waals surface area contributed by atoms with Crippen LogP contribution in [-0.2, 0) is 6.18 Å². The second-order valence-electron chi connectivity index (χ2n) is 2.80. The first-order valence-electron chi connectivity index (χ1n) is 3.68. The van der Waals surface area contributed by atoms with Gasteiger partial charge in [-0.15, -0.1) is 10.2 Å². The number of halogens is 3. The van der Waals surface area contributed by atoms with Gasteiger partial charge in [-0.3, -0.25) is 0 Å². The molecule has 0 spiro atoms. The molecule has 1 fully saturated rings. The van der Waals surface area contributed by atoms with Gasteiger partial charge in [0.05, 0.1) is 0 Å². The van der Waals surface area contributed by atoms with Gasteiger partial charge in [0.1, 0.15) is 5.01 Å². The van der Waals surface area contributed by atoms with E-state index in [1.807, 2.05) is 0 Å². The van der Waals surface area contributed by atoms with Gasteiger partial charge in [0.15, 0.2) is 0 Å². The molecule has 13 heavy (non-hydrogen) atoms. The molecule has 1 aliphatic heterocycles. The van der Waals surface area contributed by atoms with Gasteiger partial charge in [-0.25, -0.2) is 0 Å². The van der Waals surface area contributed by atoms with Crippen molar-refractivity contribution >= 4 is 11.3 Å². The first-order chi connectivity index (χ1) is 6.07. The zero-order valence-corrected chi connectivity index (χ0v) is 7.24. The quantitative estimate of drug-likeness (QED) is 0.756. The van der Waals surface area contributed by atoms with Crippen molar-refractivity contribution in [2.45, 2.75) is 12.1 Å². The molecule has 0 unspecified atom stereocenters. The Labute approximate surface area is 76.0 Å². The van der Waals surface area contributed by atoms with Crippen molar-refractivity contribution in [2.75, 3.05) is 13.1 Å². The van der Waals surface area contributed by atoms with E-state index in [-0.39, 0.29) is 5.92 Å². The highest BCUT2D eigenvalue weighted by molar-refractivity contribution is 7.11. The maximum absolute atomic E-state index is 12.1. The van der Waals surface area contributed by atoms with Gasteiger partial charge in [0, 0.05) is 19.0 Å². The van der Waals surface area contributed by atoms with Crippen LogP contribution in [0.15, 0.2) is 0 Å². The van der Waals surface area contributed by atoms with Gasteiger partial charge in [-0.05, 0) is 0 Å². The minimum atomic E-state index is -4.35. The second-order valence-corrected chi connectivity index (χ2v) is 3.81. The van der Waals surface area contributed by atoms with Crippen LogP contribution in [0.3, 0.4) is 0 Å². The lowest BCUT2D eigenvalue weighted by Gasteiger charge is -2.23. The van der Waals surface area contributed by atoms with Crippen molar-refractivity contribution < 1.29 is 13.2 Å². The summed E-state index contributed by atoms with van der Waals surface area (Å²) in [6.45, 7) is 1.40. The van der Waals surface area contributed by atoms with Crippen molar-refractivity contribution in [3.8, 4) is 0 Å². The van der Waals surface area contributed by atoms with Gasteiger partial charge < -0.3 is 5.32 Å². The normalized spacial score (nSPS) is 18.7. The smallest absolute Gasteiger partial charge is 0.315 e. The van der Waals surface area contributed by atoms with E-state index >= 15 is 0 Å². The highest BCUT2D eigenvalue weighted by Gasteiger charge is 2.37. The van der Waals surface area contributed by atoms with Crippen LogP contribution in [0.2, 0.25) is 0 Å². The molecule has 7 heteroatoms. The van der Waals surface area contributed by atoms with Crippen molar-refractivity contribution in [3.05, 3.63) is 10.0 Å². The SMILES string of the molecule is FC(F)(F)c1nnc(C2CNC2)s1.